The summed E-state index contributed by atoms with van der Waals surface area (Å²) in [6, 6.07) is 5.18. The first-order chi connectivity index (χ1) is 14.8. The summed E-state index contributed by atoms with van der Waals surface area (Å²) in [5, 5.41) is 6.17. The third kappa shape index (κ3) is 6.52. The summed E-state index contributed by atoms with van der Waals surface area (Å²) in [5.74, 6) is -0.457. The second kappa shape index (κ2) is 10.7. The molecule has 2 N–H and O–H groups in total. The summed E-state index contributed by atoms with van der Waals surface area (Å²) < 4.78 is 13.1. The quantitative estimate of drug-likeness (QED) is 0.726. The minimum absolute atomic E-state index is 0.0324. The van der Waals surface area contributed by atoms with Crippen molar-refractivity contribution in [1.82, 2.24) is 15.5 Å². The molecule has 1 saturated heterocycles. The summed E-state index contributed by atoms with van der Waals surface area (Å²) in [7, 11) is 0. The van der Waals surface area contributed by atoms with Crippen molar-refractivity contribution in [2.24, 2.45) is 11.8 Å². The average Bonchev–Trinajstić information content (AvgIpc) is 2.75. The monoisotopic (exact) mass is 431 g/mol. The maximum absolute atomic E-state index is 13.1. The van der Waals surface area contributed by atoms with Crippen LogP contribution in [0.5, 0.6) is 0 Å². The van der Waals surface area contributed by atoms with Crippen molar-refractivity contribution < 1.29 is 18.8 Å². The van der Waals surface area contributed by atoms with E-state index in [2.05, 4.69) is 10.6 Å². The van der Waals surface area contributed by atoms with Gasteiger partial charge in [-0.2, -0.15) is 0 Å². The van der Waals surface area contributed by atoms with Gasteiger partial charge in [0.15, 0.2) is 0 Å². The minimum atomic E-state index is -0.382. The number of carbonyl (C=O) groups excluding carboxylic acids is 3. The summed E-state index contributed by atoms with van der Waals surface area (Å²) in [6.07, 6.45) is 5.70. The Morgan fingerprint density at radius 2 is 1.65 bits per heavy atom. The SMILES string of the molecule is CC(C)CC(=O)N1CCCC(C(=O)N[C@@H]2CCCC[C@H]2NC(=O)c2ccc(F)cc2)C1. The highest BCUT2D eigenvalue weighted by Crippen LogP contribution is 2.22. The number of halogens is 1. The van der Waals surface area contributed by atoms with Gasteiger partial charge in [0, 0.05) is 37.2 Å². The van der Waals surface area contributed by atoms with Crippen LogP contribution >= 0.6 is 0 Å². The number of nitrogens with one attached hydrogen (secondary N) is 2. The third-order valence-electron chi connectivity index (χ3n) is 6.24. The lowest BCUT2D eigenvalue weighted by Gasteiger charge is -2.36. The molecule has 31 heavy (non-hydrogen) atoms. The zero-order valence-corrected chi connectivity index (χ0v) is 18.5. The molecule has 1 unspecified atom stereocenters. The Hall–Kier alpha value is -2.44. The number of carbonyl (C=O) groups is 3. The molecule has 1 aromatic carbocycles. The van der Waals surface area contributed by atoms with Gasteiger partial charge in [-0.05, 0) is 55.9 Å². The molecular weight excluding hydrogens is 397 g/mol. The second-order valence-electron chi connectivity index (χ2n) is 9.26. The number of rotatable bonds is 6. The molecule has 1 aliphatic heterocycles. The van der Waals surface area contributed by atoms with Crippen molar-refractivity contribution in [1.29, 1.82) is 0 Å². The molecule has 1 aliphatic carbocycles. The Labute approximate surface area is 183 Å². The lowest BCUT2D eigenvalue weighted by atomic mass is 9.88. The van der Waals surface area contributed by atoms with E-state index in [0.29, 0.717) is 24.4 Å². The lowest BCUT2D eigenvalue weighted by Crippen LogP contribution is -2.55. The maximum Gasteiger partial charge on any atom is 0.251 e. The molecule has 0 bridgehead atoms. The van der Waals surface area contributed by atoms with Gasteiger partial charge in [0.05, 0.1) is 5.92 Å². The molecule has 3 rings (SSSR count). The van der Waals surface area contributed by atoms with Gasteiger partial charge in [0.25, 0.3) is 5.91 Å². The molecule has 2 fully saturated rings. The fourth-order valence-corrected chi connectivity index (χ4v) is 4.53. The number of nitrogens with zero attached hydrogens (tertiary/aromatic N) is 1. The number of hydrogen-bond donors (Lipinski definition) is 2. The smallest absolute Gasteiger partial charge is 0.251 e. The maximum atomic E-state index is 13.1. The Morgan fingerprint density at radius 1 is 1.00 bits per heavy atom. The molecule has 0 radical (unpaired) electrons. The first kappa shape index (κ1) is 23.2. The van der Waals surface area contributed by atoms with Crippen LogP contribution in [0, 0.1) is 17.7 Å². The molecular formula is C24H34FN3O3. The van der Waals surface area contributed by atoms with Crippen molar-refractivity contribution in [3.05, 3.63) is 35.6 Å². The predicted molar refractivity (Wildman–Crippen MR) is 117 cm³/mol. The molecule has 0 spiro atoms. The van der Waals surface area contributed by atoms with E-state index in [4.69, 9.17) is 0 Å². The first-order valence-corrected chi connectivity index (χ1v) is 11.5. The zero-order chi connectivity index (χ0) is 22.4. The Balaban J connectivity index is 1.57. The fourth-order valence-electron chi connectivity index (χ4n) is 4.53. The molecule has 3 atom stereocenters. The molecule has 3 amide bonds. The van der Waals surface area contributed by atoms with E-state index >= 15 is 0 Å². The largest absolute Gasteiger partial charge is 0.351 e. The molecule has 0 aromatic heterocycles. The van der Waals surface area contributed by atoms with Crippen LogP contribution in [0.3, 0.4) is 0 Å². The summed E-state index contributed by atoms with van der Waals surface area (Å²) in [4.78, 5) is 39.8. The molecule has 6 nitrogen and oxygen atoms in total. The van der Waals surface area contributed by atoms with Crippen molar-refractivity contribution in [2.75, 3.05) is 13.1 Å². The van der Waals surface area contributed by atoms with E-state index in [1.165, 1.54) is 24.3 Å². The number of amides is 3. The number of benzene rings is 1. The highest BCUT2D eigenvalue weighted by atomic mass is 19.1. The van der Waals surface area contributed by atoms with Crippen LogP contribution in [0.1, 0.15) is 69.2 Å². The predicted octanol–water partition coefficient (Wildman–Crippen LogP) is 3.27. The van der Waals surface area contributed by atoms with E-state index in [9.17, 15) is 18.8 Å². The molecule has 2 aliphatic rings. The van der Waals surface area contributed by atoms with Crippen LogP contribution in [-0.4, -0.2) is 47.8 Å². The number of piperidine rings is 1. The lowest BCUT2D eigenvalue weighted by molar-refractivity contribution is -0.136. The van der Waals surface area contributed by atoms with Crippen molar-refractivity contribution in [3.8, 4) is 0 Å². The van der Waals surface area contributed by atoms with Gasteiger partial charge in [-0.25, -0.2) is 4.39 Å². The van der Waals surface area contributed by atoms with Gasteiger partial charge in [0.1, 0.15) is 5.82 Å². The molecule has 7 heteroatoms. The highest BCUT2D eigenvalue weighted by Gasteiger charge is 2.33. The van der Waals surface area contributed by atoms with Crippen LogP contribution in [0.2, 0.25) is 0 Å². The second-order valence-corrected chi connectivity index (χ2v) is 9.26. The van der Waals surface area contributed by atoms with Gasteiger partial charge >= 0.3 is 0 Å². The minimum Gasteiger partial charge on any atom is -0.351 e. The Bertz CT molecular complexity index is 781. The molecule has 1 heterocycles. The van der Waals surface area contributed by atoms with Crippen molar-refractivity contribution in [2.45, 2.75) is 70.9 Å². The summed E-state index contributed by atoms with van der Waals surface area (Å²) in [6.45, 7) is 5.23. The van der Waals surface area contributed by atoms with E-state index in [1.54, 1.807) is 0 Å². The van der Waals surface area contributed by atoms with E-state index in [1.807, 2.05) is 18.7 Å². The van der Waals surface area contributed by atoms with Crippen molar-refractivity contribution >= 4 is 17.7 Å². The Morgan fingerprint density at radius 3 is 2.29 bits per heavy atom. The fraction of sp³-hybridized carbons (Fsp3) is 0.625. The standard InChI is InChI=1S/C24H34FN3O3/c1-16(2)14-22(29)28-13-5-6-18(15-28)24(31)27-21-8-4-3-7-20(21)26-23(30)17-9-11-19(25)12-10-17/h9-12,16,18,20-21H,3-8,13-15H2,1-2H3,(H,26,30)(H,27,31)/t18?,20-,21-/m1/s1. The molecule has 1 aromatic rings. The number of likely N-dealkylation sites (tertiary alicyclic amines) is 1. The number of hydrogen-bond acceptors (Lipinski definition) is 3. The van der Waals surface area contributed by atoms with Crippen LogP contribution in [-0.2, 0) is 9.59 Å². The Kier molecular flexibility index (Phi) is 8.04. The molecule has 170 valence electrons. The summed E-state index contributed by atoms with van der Waals surface area (Å²) >= 11 is 0. The van der Waals surface area contributed by atoms with Gasteiger partial charge in [-0.1, -0.05) is 26.7 Å². The summed E-state index contributed by atoms with van der Waals surface area (Å²) in [5.41, 5.74) is 0.406. The highest BCUT2D eigenvalue weighted by molar-refractivity contribution is 5.94. The average molecular weight is 432 g/mol. The van der Waals surface area contributed by atoms with Crippen LogP contribution in [0.15, 0.2) is 24.3 Å². The third-order valence-corrected chi connectivity index (χ3v) is 6.24. The zero-order valence-electron chi connectivity index (χ0n) is 18.5. The normalized spacial score (nSPS) is 24.0. The van der Waals surface area contributed by atoms with Crippen LogP contribution in [0.4, 0.5) is 4.39 Å². The first-order valence-electron chi connectivity index (χ1n) is 11.5. The van der Waals surface area contributed by atoms with Gasteiger partial charge < -0.3 is 15.5 Å². The van der Waals surface area contributed by atoms with E-state index in [0.717, 1.165) is 45.1 Å². The van der Waals surface area contributed by atoms with Gasteiger partial charge in [0.2, 0.25) is 11.8 Å². The topological polar surface area (TPSA) is 78.5 Å². The molecule has 1 saturated carbocycles. The van der Waals surface area contributed by atoms with Crippen molar-refractivity contribution in [3.63, 3.8) is 0 Å². The van der Waals surface area contributed by atoms with E-state index < -0.39 is 0 Å². The van der Waals surface area contributed by atoms with Gasteiger partial charge in [-0.15, -0.1) is 0 Å². The van der Waals surface area contributed by atoms with Crippen LogP contribution in [0.25, 0.3) is 0 Å². The van der Waals surface area contributed by atoms with Gasteiger partial charge in [-0.3, -0.25) is 14.4 Å². The van der Waals surface area contributed by atoms with E-state index in [-0.39, 0.29) is 41.5 Å². The van der Waals surface area contributed by atoms with Crippen LogP contribution < -0.4 is 10.6 Å².